The van der Waals surface area contributed by atoms with Crippen molar-refractivity contribution in [2.45, 2.75) is 6.61 Å². The van der Waals surface area contributed by atoms with Gasteiger partial charge in [-0.2, -0.15) is 0 Å². The van der Waals surface area contributed by atoms with Crippen molar-refractivity contribution in [1.82, 2.24) is 0 Å². The molecule has 1 aromatic heterocycles. The zero-order valence-electron chi connectivity index (χ0n) is 8.85. The summed E-state index contributed by atoms with van der Waals surface area (Å²) in [6.45, 7) is 0.553. The molecule has 2 aromatic rings. The zero-order valence-corrected chi connectivity index (χ0v) is 12.1. The maximum Gasteiger partial charge on any atom is 0.122 e. The molecule has 0 bridgehead atoms. The third-order valence-corrected chi connectivity index (χ3v) is 3.96. The molecule has 0 aliphatic carbocycles. The maximum atomic E-state index is 5.67. The minimum atomic E-state index is 0.384. The van der Waals surface area contributed by atoms with Gasteiger partial charge >= 0.3 is 0 Å². The van der Waals surface area contributed by atoms with Gasteiger partial charge in [-0.1, -0.05) is 24.4 Å². The molecule has 0 aliphatic heterocycles. The molecule has 0 saturated carbocycles. The highest BCUT2D eigenvalue weighted by Gasteiger charge is 2.01. The number of ether oxygens (including phenoxy) is 1. The van der Waals surface area contributed by atoms with Crippen molar-refractivity contribution in [2.24, 2.45) is 5.73 Å². The fourth-order valence-corrected chi connectivity index (χ4v) is 2.85. The van der Waals surface area contributed by atoms with Gasteiger partial charge in [0.15, 0.2) is 0 Å². The van der Waals surface area contributed by atoms with E-state index in [1.54, 1.807) is 11.3 Å². The van der Waals surface area contributed by atoms with Gasteiger partial charge in [0.25, 0.3) is 0 Å². The van der Waals surface area contributed by atoms with Gasteiger partial charge in [0.2, 0.25) is 0 Å². The Hall–Kier alpha value is -0.910. The van der Waals surface area contributed by atoms with Crippen LogP contribution in [0.5, 0.6) is 5.75 Å². The third-order valence-electron chi connectivity index (χ3n) is 2.13. The van der Waals surface area contributed by atoms with Gasteiger partial charge in [0, 0.05) is 10.4 Å². The predicted octanol–water partition coefficient (Wildman–Crippen LogP) is 3.72. The number of benzene rings is 1. The Labute approximate surface area is 118 Å². The SMILES string of the molecule is NC(=S)c1cccc(OCc2ccc(Br)s2)c1. The van der Waals surface area contributed by atoms with Gasteiger partial charge in [-0.05, 0) is 40.2 Å². The molecule has 2 N–H and O–H groups in total. The first kappa shape index (κ1) is 12.5. The molecular formula is C12H10BrNOS2. The molecule has 0 radical (unpaired) electrons. The minimum absolute atomic E-state index is 0.384. The Morgan fingerprint density at radius 3 is 2.82 bits per heavy atom. The second-order valence-corrected chi connectivity index (χ2v) is 6.37. The van der Waals surface area contributed by atoms with Crippen LogP contribution in [0.2, 0.25) is 0 Å². The average molecular weight is 328 g/mol. The molecule has 17 heavy (non-hydrogen) atoms. The Morgan fingerprint density at radius 2 is 2.18 bits per heavy atom. The van der Waals surface area contributed by atoms with Crippen LogP contribution >= 0.6 is 39.5 Å². The van der Waals surface area contributed by atoms with E-state index in [9.17, 15) is 0 Å². The second kappa shape index (κ2) is 5.62. The summed E-state index contributed by atoms with van der Waals surface area (Å²) in [6.07, 6.45) is 0. The number of thiophene rings is 1. The molecule has 0 amide bonds. The van der Waals surface area contributed by atoms with E-state index in [1.165, 1.54) is 0 Å². The van der Waals surface area contributed by atoms with Crippen molar-refractivity contribution in [1.29, 1.82) is 0 Å². The smallest absolute Gasteiger partial charge is 0.122 e. The summed E-state index contributed by atoms with van der Waals surface area (Å²) in [7, 11) is 0. The number of halogens is 1. The lowest BCUT2D eigenvalue weighted by atomic mass is 10.2. The lowest BCUT2D eigenvalue weighted by molar-refractivity contribution is 0.310. The van der Waals surface area contributed by atoms with E-state index in [4.69, 9.17) is 22.7 Å². The molecule has 0 unspecified atom stereocenters. The van der Waals surface area contributed by atoms with Crippen molar-refractivity contribution < 1.29 is 4.74 Å². The highest BCUT2D eigenvalue weighted by molar-refractivity contribution is 9.11. The van der Waals surface area contributed by atoms with Crippen LogP contribution in [0.15, 0.2) is 40.2 Å². The fraction of sp³-hybridized carbons (Fsp3) is 0.0833. The number of thiocarbonyl (C=S) groups is 1. The number of rotatable bonds is 4. The summed E-state index contributed by atoms with van der Waals surface area (Å²) in [5, 5.41) is 0. The molecule has 0 atom stereocenters. The Kier molecular flexibility index (Phi) is 4.15. The van der Waals surface area contributed by atoms with E-state index in [1.807, 2.05) is 36.4 Å². The molecular weight excluding hydrogens is 318 g/mol. The number of hydrogen-bond donors (Lipinski definition) is 1. The number of hydrogen-bond acceptors (Lipinski definition) is 3. The van der Waals surface area contributed by atoms with Crippen molar-refractivity contribution in [3.05, 3.63) is 50.6 Å². The monoisotopic (exact) mass is 327 g/mol. The van der Waals surface area contributed by atoms with Crippen LogP contribution < -0.4 is 10.5 Å². The normalized spacial score (nSPS) is 10.2. The first-order chi connectivity index (χ1) is 8.15. The van der Waals surface area contributed by atoms with E-state index in [0.29, 0.717) is 11.6 Å². The zero-order chi connectivity index (χ0) is 12.3. The fourth-order valence-electron chi connectivity index (χ4n) is 1.32. The molecule has 0 aliphatic rings. The molecule has 0 fully saturated rings. The van der Waals surface area contributed by atoms with Crippen LogP contribution in [-0.2, 0) is 6.61 Å². The summed E-state index contributed by atoms with van der Waals surface area (Å²) in [4.78, 5) is 1.55. The van der Waals surface area contributed by atoms with Crippen LogP contribution in [0.4, 0.5) is 0 Å². The maximum absolute atomic E-state index is 5.67. The van der Waals surface area contributed by atoms with Gasteiger partial charge in [-0.3, -0.25) is 0 Å². The van der Waals surface area contributed by atoms with E-state index in [2.05, 4.69) is 15.9 Å². The topological polar surface area (TPSA) is 35.2 Å². The van der Waals surface area contributed by atoms with Gasteiger partial charge < -0.3 is 10.5 Å². The molecule has 5 heteroatoms. The molecule has 88 valence electrons. The summed E-state index contributed by atoms with van der Waals surface area (Å²) >= 11 is 10.00. The summed E-state index contributed by atoms with van der Waals surface area (Å²) < 4.78 is 6.78. The van der Waals surface area contributed by atoms with Crippen LogP contribution in [0.3, 0.4) is 0 Å². The molecule has 2 nitrogen and oxygen atoms in total. The summed E-state index contributed by atoms with van der Waals surface area (Å²) in [6, 6.07) is 11.5. The lowest BCUT2D eigenvalue weighted by Crippen LogP contribution is -2.09. The first-order valence-corrected chi connectivity index (χ1v) is 6.94. The predicted molar refractivity (Wildman–Crippen MR) is 78.7 cm³/mol. The van der Waals surface area contributed by atoms with E-state index >= 15 is 0 Å². The molecule has 1 aromatic carbocycles. The summed E-state index contributed by atoms with van der Waals surface area (Å²) in [5.41, 5.74) is 6.39. The van der Waals surface area contributed by atoms with Crippen molar-refractivity contribution in [3.8, 4) is 5.75 Å². The van der Waals surface area contributed by atoms with Gasteiger partial charge in [-0.15, -0.1) is 11.3 Å². The van der Waals surface area contributed by atoms with Gasteiger partial charge in [0.05, 0.1) is 3.79 Å². The van der Waals surface area contributed by atoms with Gasteiger partial charge in [-0.25, -0.2) is 0 Å². The molecule has 0 saturated heterocycles. The summed E-state index contributed by atoms with van der Waals surface area (Å²) in [5.74, 6) is 0.778. The van der Waals surface area contributed by atoms with E-state index in [0.717, 1.165) is 20.0 Å². The second-order valence-electron chi connectivity index (χ2n) is 3.39. The van der Waals surface area contributed by atoms with Crippen molar-refractivity contribution in [3.63, 3.8) is 0 Å². The molecule has 0 spiro atoms. The van der Waals surface area contributed by atoms with Crippen LogP contribution in [0.25, 0.3) is 0 Å². The van der Waals surface area contributed by atoms with E-state index < -0.39 is 0 Å². The van der Waals surface area contributed by atoms with Crippen LogP contribution in [0.1, 0.15) is 10.4 Å². The Bertz CT molecular complexity index is 539. The average Bonchev–Trinajstić information content (AvgIpc) is 2.73. The number of nitrogens with two attached hydrogens (primary N) is 1. The highest BCUT2D eigenvalue weighted by Crippen LogP contribution is 2.23. The Morgan fingerprint density at radius 1 is 1.35 bits per heavy atom. The highest BCUT2D eigenvalue weighted by atomic mass is 79.9. The molecule has 2 rings (SSSR count). The van der Waals surface area contributed by atoms with Gasteiger partial charge in [0.1, 0.15) is 17.3 Å². The van der Waals surface area contributed by atoms with Crippen LogP contribution in [0, 0.1) is 0 Å². The Balaban J connectivity index is 2.04. The quantitative estimate of drug-likeness (QED) is 0.869. The minimum Gasteiger partial charge on any atom is -0.488 e. The van der Waals surface area contributed by atoms with Crippen molar-refractivity contribution in [2.75, 3.05) is 0 Å². The van der Waals surface area contributed by atoms with Crippen LogP contribution in [-0.4, -0.2) is 4.99 Å². The molecule has 1 heterocycles. The standard InChI is InChI=1S/C12H10BrNOS2/c13-11-5-4-10(17-11)7-15-9-3-1-2-8(6-9)12(14)16/h1-6H,7H2,(H2,14,16). The lowest BCUT2D eigenvalue weighted by Gasteiger charge is -2.06. The van der Waals surface area contributed by atoms with Crippen molar-refractivity contribution >= 4 is 44.5 Å². The first-order valence-electron chi connectivity index (χ1n) is 4.92. The third kappa shape index (κ3) is 3.52. The largest absolute Gasteiger partial charge is 0.488 e. The van der Waals surface area contributed by atoms with E-state index in [-0.39, 0.29) is 0 Å².